The largest absolute Gasteiger partial charge is 0.494 e. The molecule has 4 rings (SSSR count). The number of carbonyl (C=O) groups is 1. The molecule has 2 saturated heterocycles. The first-order valence-corrected chi connectivity index (χ1v) is 10.2. The van der Waals surface area contributed by atoms with Gasteiger partial charge in [0.25, 0.3) is 0 Å². The van der Waals surface area contributed by atoms with Gasteiger partial charge in [-0.2, -0.15) is 0 Å². The van der Waals surface area contributed by atoms with Crippen molar-refractivity contribution in [3.05, 3.63) is 59.9 Å². The van der Waals surface area contributed by atoms with Crippen LogP contribution in [0.5, 0.6) is 5.75 Å². The molecule has 2 aliphatic heterocycles. The average Bonchev–Trinajstić information content (AvgIpc) is 3.25. The molecule has 0 radical (unpaired) electrons. The van der Waals surface area contributed by atoms with E-state index < -0.39 is 0 Å². The van der Waals surface area contributed by atoms with Gasteiger partial charge in [0.05, 0.1) is 6.61 Å². The van der Waals surface area contributed by atoms with Crippen LogP contribution in [0, 0.1) is 5.82 Å². The topological polar surface area (TPSA) is 56.8 Å². The standard InChI is InChI=1S/C22H27FN4O2/c1-2-29-19-9-3-16(4-10-19)20-15-21(25-24-20)22(28)27-13-11-26(12-14-27)18-7-5-17(23)6-8-18/h3-10,20-21,24-25H,2,11-15H2,1H3. The zero-order valence-electron chi connectivity index (χ0n) is 16.6. The Morgan fingerprint density at radius 2 is 1.72 bits per heavy atom. The van der Waals surface area contributed by atoms with Crippen LogP contribution in [-0.2, 0) is 4.79 Å². The minimum atomic E-state index is -0.232. The highest BCUT2D eigenvalue weighted by Crippen LogP contribution is 2.25. The molecule has 0 aromatic heterocycles. The highest BCUT2D eigenvalue weighted by Gasteiger charge is 2.34. The second kappa shape index (κ2) is 8.80. The second-order valence-electron chi connectivity index (χ2n) is 7.42. The quantitative estimate of drug-likeness (QED) is 0.811. The Hall–Kier alpha value is -2.64. The van der Waals surface area contributed by atoms with E-state index in [1.807, 2.05) is 36.1 Å². The molecule has 0 bridgehead atoms. The summed E-state index contributed by atoms with van der Waals surface area (Å²) in [7, 11) is 0. The van der Waals surface area contributed by atoms with Crippen LogP contribution in [-0.4, -0.2) is 49.6 Å². The molecule has 2 N–H and O–H groups in total. The minimum absolute atomic E-state index is 0.0973. The normalized spacial score (nSPS) is 22.0. The van der Waals surface area contributed by atoms with Gasteiger partial charge in [-0.15, -0.1) is 0 Å². The number of rotatable bonds is 5. The minimum Gasteiger partial charge on any atom is -0.494 e. The third kappa shape index (κ3) is 4.52. The predicted molar refractivity (Wildman–Crippen MR) is 110 cm³/mol. The molecule has 1 amide bonds. The first-order chi connectivity index (χ1) is 14.1. The van der Waals surface area contributed by atoms with Crippen molar-refractivity contribution in [2.24, 2.45) is 0 Å². The predicted octanol–water partition coefficient (Wildman–Crippen LogP) is 2.48. The number of nitrogens with one attached hydrogen (secondary N) is 2. The van der Waals surface area contributed by atoms with E-state index in [2.05, 4.69) is 15.8 Å². The fourth-order valence-electron chi connectivity index (χ4n) is 3.96. The lowest BCUT2D eigenvalue weighted by Gasteiger charge is -2.37. The molecular formula is C22H27FN4O2. The molecule has 0 aliphatic carbocycles. The molecule has 0 saturated carbocycles. The first-order valence-electron chi connectivity index (χ1n) is 10.2. The molecule has 7 heteroatoms. The molecule has 0 spiro atoms. The molecule has 2 aromatic carbocycles. The van der Waals surface area contributed by atoms with E-state index in [1.54, 1.807) is 12.1 Å². The number of hydrogen-bond acceptors (Lipinski definition) is 5. The zero-order valence-corrected chi connectivity index (χ0v) is 16.6. The van der Waals surface area contributed by atoms with Crippen LogP contribution in [0.1, 0.15) is 24.9 Å². The number of anilines is 1. The van der Waals surface area contributed by atoms with Gasteiger partial charge in [0.1, 0.15) is 17.6 Å². The third-order valence-corrected chi connectivity index (χ3v) is 5.58. The lowest BCUT2D eigenvalue weighted by molar-refractivity contribution is -0.133. The number of halogens is 1. The molecule has 6 nitrogen and oxygen atoms in total. The Labute approximate surface area is 170 Å². The maximum absolute atomic E-state index is 13.1. The number of nitrogens with zero attached hydrogens (tertiary/aromatic N) is 2. The van der Waals surface area contributed by atoms with Crippen LogP contribution < -0.4 is 20.5 Å². The van der Waals surface area contributed by atoms with Gasteiger partial charge in [0.15, 0.2) is 0 Å². The highest BCUT2D eigenvalue weighted by atomic mass is 19.1. The fourth-order valence-corrected chi connectivity index (χ4v) is 3.96. The molecule has 2 aromatic rings. The number of carbonyl (C=O) groups excluding carboxylic acids is 1. The second-order valence-corrected chi connectivity index (χ2v) is 7.42. The van der Waals surface area contributed by atoms with Gasteiger partial charge in [0.2, 0.25) is 5.91 Å². The van der Waals surface area contributed by atoms with E-state index in [9.17, 15) is 9.18 Å². The van der Waals surface area contributed by atoms with Crippen molar-refractivity contribution in [1.29, 1.82) is 0 Å². The van der Waals surface area contributed by atoms with E-state index in [4.69, 9.17) is 4.74 Å². The van der Waals surface area contributed by atoms with Crippen molar-refractivity contribution in [1.82, 2.24) is 15.8 Å². The highest BCUT2D eigenvalue weighted by molar-refractivity contribution is 5.82. The molecule has 2 aliphatic rings. The summed E-state index contributed by atoms with van der Waals surface area (Å²) < 4.78 is 18.6. The van der Waals surface area contributed by atoms with Crippen LogP contribution in [0.25, 0.3) is 0 Å². The van der Waals surface area contributed by atoms with Crippen molar-refractivity contribution in [3.8, 4) is 5.75 Å². The van der Waals surface area contributed by atoms with Crippen molar-refractivity contribution < 1.29 is 13.9 Å². The number of benzene rings is 2. The Morgan fingerprint density at radius 3 is 2.38 bits per heavy atom. The molecule has 2 fully saturated rings. The van der Waals surface area contributed by atoms with Crippen LogP contribution in [0.3, 0.4) is 0 Å². The van der Waals surface area contributed by atoms with E-state index in [0.29, 0.717) is 26.1 Å². The van der Waals surface area contributed by atoms with Gasteiger partial charge in [-0.25, -0.2) is 15.2 Å². The Bertz CT molecular complexity index is 820. The van der Waals surface area contributed by atoms with Crippen LogP contribution >= 0.6 is 0 Å². The van der Waals surface area contributed by atoms with Gasteiger partial charge < -0.3 is 14.5 Å². The first kappa shape index (κ1) is 19.7. The van der Waals surface area contributed by atoms with E-state index >= 15 is 0 Å². The third-order valence-electron chi connectivity index (χ3n) is 5.58. The van der Waals surface area contributed by atoms with Gasteiger partial charge in [-0.05, 0) is 55.3 Å². The lowest BCUT2D eigenvalue weighted by atomic mass is 10.0. The number of ether oxygens (including phenoxy) is 1. The lowest BCUT2D eigenvalue weighted by Crippen LogP contribution is -2.53. The van der Waals surface area contributed by atoms with Gasteiger partial charge in [0, 0.05) is 37.9 Å². The summed E-state index contributed by atoms with van der Waals surface area (Å²) in [5, 5.41) is 0. The number of amides is 1. The molecule has 154 valence electrons. The molecule has 2 atom stereocenters. The van der Waals surface area contributed by atoms with Crippen molar-refractivity contribution >= 4 is 11.6 Å². The summed E-state index contributed by atoms with van der Waals surface area (Å²) in [4.78, 5) is 17.0. The smallest absolute Gasteiger partial charge is 0.241 e. The average molecular weight is 398 g/mol. The summed E-state index contributed by atoms with van der Waals surface area (Å²) in [5.41, 5.74) is 8.55. The number of piperazine rings is 1. The maximum Gasteiger partial charge on any atom is 0.241 e. The monoisotopic (exact) mass is 398 g/mol. The van der Waals surface area contributed by atoms with E-state index in [0.717, 1.165) is 30.1 Å². The summed E-state index contributed by atoms with van der Waals surface area (Å²) in [6.07, 6.45) is 0.713. The Morgan fingerprint density at radius 1 is 1.03 bits per heavy atom. The Kier molecular flexibility index (Phi) is 5.97. The molecule has 2 unspecified atom stereocenters. The molecule has 29 heavy (non-hydrogen) atoms. The summed E-state index contributed by atoms with van der Waals surface area (Å²) >= 11 is 0. The van der Waals surface area contributed by atoms with Crippen LogP contribution in [0.4, 0.5) is 10.1 Å². The summed E-state index contributed by atoms with van der Waals surface area (Å²) in [6, 6.07) is 14.4. The summed E-state index contributed by atoms with van der Waals surface area (Å²) in [6.45, 7) is 5.45. The maximum atomic E-state index is 13.1. The van der Waals surface area contributed by atoms with Crippen LogP contribution in [0.2, 0.25) is 0 Å². The van der Waals surface area contributed by atoms with Gasteiger partial charge in [-0.1, -0.05) is 12.1 Å². The zero-order chi connectivity index (χ0) is 20.2. The Balaban J connectivity index is 1.30. The van der Waals surface area contributed by atoms with Gasteiger partial charge >= 0.3 is 0 Å². The molecule has 2 heterocycles. The molecular weight excluding hydrogens is 371 g/mol. The van der Waals surface area contributed by atoms with Crippen LogP contribution in [0.15, 0.2) is 48.5 Å². The van der Waals surface area contributed by atoms with Crippen molar-refractivity contribution in [2.45, 2.75) is 25.4 Å². The van der Waals surface area contributed by atoms with Crippen molar-refractivity contribution in [3.63, 3.8) is 0 Å². The number of hydrazine groups is 1. The van der Waals surface area contributed by atoms with Gasteiger partial charge in [-0.3, -0.25) is 4.79 Å². The SMILES string of the molecule is CCOc1ccc(C2CC(C(=O)N3CCN(c4ccc(F)cc4)CC3)NN2)cc1. The van der Waals surface area contributed by atoms with E-state index in [-0.39, 0.29) is 23.8 Å². The number of hydrogen-bond donors (Lipinski definition) is 2. The fraction of sp³-hybridized carbons (Fsp3) is 0.409. The van der Waals surface area contributed by atoms with Crippen molar-refractivity contribution in [2.75, 3.05) is 37.7 Å². The van der Waals surface area contributed by atoms with E-state index in [1.165, 1.54) is 12.1 Å². The summed E-state index contributed by atoms with van der Waals surface area (Å²) in [5.74, 6) is 0.753.